The summed E-state index contributed by atoms with van der Waals surface area (Å²) in [5, 5.41) is 0. The molecule has 0 spiro atoms. The summed E-state index contributed by atoms with van der Waals surface area (Å²) < 4.78 is 31.9. The second kappa shape index (κ2) is 4.01. The van der Waals surface area contributed by atoms with Gasteiger partial charge in [0.1, 0.15) is 0 Å². The first kappa shape index (κ1) is 12.7. The third-order valence-corrected chi connectivity index (χ3v) is 0. The van der Waals surface area contributed by atoms with E-state index in [0.29, 0.717) is 0 Å². The zero-order valence-electron chi connectivity index (χ0n) is 6.20. The third kappa shape index (κ3) is 2530000. The van der Waals surface area contributed by atoms with Crippen LogP contribution in [0.3, 0.4) is 0 Å². The van der Waals surface area contributed by atoms with E-state index in [1.165, 1.54) is 0 Å². The van der Waals surface area contributed by atoms with Crippen LogP contribution in [0.5, 0.6) is 0 Å². The second-order valence-corrected chi connectivity index (χ2v) is 4.21. The van der Waals surface area contributed by atoms with E-state index in [-0.39, 0.29) is 5.54 Å². The van der Waals surface area contributed by atoms with Gasteiger partial charge in [-0.15, -0.1) is 0 Å². The number of hydrogen-bond acceptors (Lipinski definition) is 3. The first-order valence-corrected chi connectivity index (χ1v) is 4.67. The van der Waals surface area contributed by atoms with Crippen LogP contribution in [0, 0.1) is 0 Å². The Labute approximate surface area is 62.2 Å². The van der Waals surface area contributed by atoms with Crippen LogP contribution < -0.4 is 5.73 Å². The summed E-state index contributed by atoms with van der Waals surface area (Å²) in [5.74, 6) is 0. The van der Waals surface area contributed by atoms with Gasteiger partial charge in [0.05, 0.1) is 0 Å². The number of rotatable bonds is 0. The van der Waals surface area contributed by atoms with E-state index in [9.17, 15) is 0 Å². The van der Waals surface area contributed by atoms with Crippen molar-refractivity contribution in [1.29, 1.82) is 0 Å². The molecule has 0 bridgehead atoms. The normalized spacial score (nSPS) is 11.8. The number of hydrogen-bond donors (Lipinski definition) is 3. The summed E-state index contributed by atoms with van der Waals surface area (Å²) in [6.45, 7) is 5.90. The zero-order valence-corrected chi connectivity index (χ0v) is 7.47. The fourth-order valence-electron chi connectivity index (χ4n) is 0. The Morgan fingerprint density at radius 2 is 1.20 bits per heavy atom. The fourth-order valence-corrected chi connectivity index (χ4v) is 0. The van der Waals surface area contributed by atoms with Crippen LogP contribution in [-0.4, -0.2) is 13.9 Å². The Kier molecular flexibility index (Phi) is 5.08. The average molecular weight is 191 g/mol. The van der Waals surface area contributed by atoms with Crippen LogP contribution in [0.2, 0.25) is 0 Å². The quantitative estimate of drug-likeness (QED) is 0.474. The Morgan fingerprint density at radius 1 is 1.20 bits per heavy atom. The van der Waals surface area contributed by atoms with E-state index in [2.05, 4.69) is 0 Å². The molecule has 0 aromatic carbocycles. The number of nitrogens with two attached hydrogens (primary N) is 1. The van der Waals surface area contributed by atoms with Gasteiger partial charge in [-0.05, 0) is 20.8 Å². The summed E-state index contributed by atoms with van der Waals surface area (Å²) in [7, 11) is 0. The summed E-state index contributed by atoms with van der Waals surface area (Å²) in [6.07, 6.45) is 0. The molecular weight excluding hydrogens is 178 g/mol. The molecule has 0 heterocycles. The molecule has 64 valence electrons. The van der Waals surface area contributed by atoms with Crippen molar-refractivity contribution in [2.24, 2.45) is 5.73 Å². The van der Waals surface area contributed by atoms with E-state index in [0.717, 1.165) is 0 Å². The summed E-state index contributed by atoms with van der Waals surface area (Å²) >= 11 is -5.25. The standard InChI is InChI=1S/C4H11N.Cr.2H2O.2O/c1-4(2,3)5;;;;;/h5H2,1-3H3;;2*1H2;;/q;+2;;;;/p-2. The maximum atomic E-state index is 8.82. The molecule has 0 radical (unpaired) electrons. The van der Waals surface area contributed by atoms with E-state index >= 15 is 0 Å². The van der Waals surface area contributed by atoms with Gasteiger partial charge in [-0.1, -0.05) is 0 Å². The molecule has 0 aromatic heterocycles. The zero-order chi connectivity index (χ0) is 9.00. The van der Waals surface area contributed by atoms with Crippen molar-refractivity contribution in [2.75, 3.05) is 0 Å². The van der Waals surface area contributed by atoms with Crippen LogP contribution in [-0.2, 0) is 21.2 Å². The van der Waals surface area contributed by atoms with Gasteiger partial charge in [0.25, 0.3) is 0 Å². The molecule has 0 aliphatic carbocycles. The van der Waals surface area contributed by atoms with Crippen LogP contribution in [0.1, 0.15) is 20.8 Å². The van der Waals surface area contributed by atoms with Crippen molar-refractivity contribution in [3.05, 3.63) is 0 Å². The minimum atomic E-state index is -5.25. The minimum absolute atomic E-state index is 0. The van der Waals surface area contributed by atoms with Gasteiger partial charge in [-0.3, -0.25) is 0 Å². The fraction of sp³-hybridized carbons (Fsp3) is 1.00. The van der Waals surface area contributed by atoms with Crippen molar-refractivity contribution >= 4 is 0 Å². The molecule has 0 saturated carbocycles. The molecule has 0 aliphatic rings. The molecule has 10 heavy (non-hydrogen) atoms. The molecule has 0 atom stereocenters. The van der Waals surface area contributed by atoms with Crippen LogP contribution >= 0.6 is 0 Å². The first-order valence-electron chi connectivity index (χ1n) is 2.49. The van der Waals surface area contributed by atoms with Gasteiger partial charge >= 0.3 is 29.5 Å². The van der Waals surface area contributed by atoms with Crippen molar-refractivity contribution in [3.63, 3.8) is 0 Å². The molecule has 4 N–H and O–H groups in total. The summed E-state index contributed by atoms with van der Waals surface area (Å²) in [5.41, 5.74) is 5.35. The summed E-state index contributed by atoms with van der Waals surface area (Å²) in [4.78, 5) is 0. The van der Waals surface area contributed by atoms with E-state index in [1.807, 2.05) is 20.8 Å². The van der Waals surface area contributed by atoms with Gasteiger partial charge in [-0.2, -0.15) is 0 Å². The van der Waals surface area contributed by atoms with Gasteiger partial charge in [0.15, 0.2) is 0 Å². The molecule has 0 aliphatic heterocycles. The Morgan fingerprint density at radius 3 is 1.20 bits per heavy atom. The monoisotopic (exact) mass is 191 g/mol. The van der Waals surface area contributed by atoms with Gasteiger partial charge < -0.3 is 5.73 Å². The van der Waals surface area contributed by atoms with Gasteiger partial charge in [0, 0.05) is 5.54 Å². The topological polar surface area (TPSA) is 101 Å². The van der Waals surface area contributed by atoms with Crippen molar-refractivity contribution < 1.29 is 29.5 Å². The molecule has 0 fully saturated rings. The molecule has 0 unspecified atom stereocenters. The predicted molar refractivity (Wildman–Crippen MR) is 29.8 cm³/mol. The first-order chi connectivity index (χ1) is 4.00. The molecule has 0 aromatic rings. The molecule has 0 amide bonds. The van der Waals surface area contributed by atoms with Gasteiger partial charge in [-0.25, -0.2) is 0 Å². The predicted octanol–water partition coefficient (Wildman–Crippen LogP) is -0.610. The van der Waals surface area contributed by atoms with Crippen LogP contribution in [0.4, 0.5) is 0 Å². The van der Waals surface area contributed by atoms with Crippen molar-refractivity contribution in [1.82, 2.24) is 0 Å². The molecule has 0 rings (SSSR count). The van der Waals surface area contributed by atoms with E-state index in [1.54, 1.807) is 0 Å². The Bertz CT molecular complexity index is 152. The van der Waals surface area contributed by atoms with Crippen LogP contribution in [0.25, 0.3) is 0 Å². The molecular formula is C4H13CrNO4. The van der Waals surface area contributed by atoms with Crippen molar-refractivity contribution in [3.8, 4) is 0 Å². The van der Waals surface area contributed by atoms with E-state index in [4.69, 9.17) is 21.7 Å². The molecule has 5 nitrogen and oxygen atoms in total. The van der Waals surface area contributed by atoms with Crippen molar-refractivity contribution in [2.45, 2.75) is 26.3 Å². The average Bonchev–Trinajstić information content (AvgIpc) is 1.12. The maximum absolute atomic E-state index is 8.82. The molecule has 0 saturated heterocycles. The van der Waals surface area contributed by atoms with Gasteiger partial charge in [0.2, 0.25) is 0 Å². The SMILES string of the molecule is CC(C)(C)N.[O]=[Cr](=[O])([OH])[OH]. The van der Waals surface area contributed by atoms with E-state index < -0.39 is 13.6 Å². The second-order valence-electron chi connectivity index (χ2n) is 2.81. The Hall–Kier alpha value is 0.0125. The summed E-state index contributed by atoms with van der Waals surface area (Å²) in [6, 6.07) is 0. The van der Waals surface area contributed by atoms with Crippen LogP contribution in [0.15, 0.2) is 0 Å². The third-order valence-electron chi connectivity index (χ3n) is 0. The molecule has 6 heteroatoms. The Balaban J connectivity index is 0.